The molecule has 0 saturated heterocycles. The van der Waals surface area contributed by atoms with Crippen LogP contribution in [0, 0.1) is 11.7 Å². The molecule has 1 rings (SSSR count). The normalized spacial score (nSPS) is 12.5. The number of hydrogen-bond donors (Lipinski definition) is 3. The predicted octanol–water partition coefficient (Wildman–Crippen LogP) is 3.82. The van der Waals surface area contributed by atoms with E-state index in [0.29, 0.717) is 18.0 Å². The number of rotatable bonds is 9. The van der Waals surface area contributed by atoms with E-state index in [0.717, 1.165) is 24.5 Å². The first-order valence-electron chi connectivity index (χ1n) is 8.47. The number of guanidine groups is 1. The van der Waals surface area contributed by atoms with Gasteiger partial charge >= 0.3 is 0 Å². The lowest BCUT2D eigenvalue weighted by molar-refractivity contribution is 0.275. The average molecular weight is 451 g/mol. The number of hydrogen-bond acceptors (Lipinski definition) is 2. The third-order valence-corrected chi connectivity index (χ3v) is 4.07. The van der Waals surface area contributed by atoms with Crippen molar-refractivity contribution in [1.82, 2.24) is 10.6 Å². The number of aliphatic imine (C=N–C) groups is 1. The van der Waals surface area contributed by atoms with Gasteiger partial charge in [0, 0.05) is 25.7 Å². The quantitative estimate of drug-likeness (QED) is 0.304. The number of benzene rings is 1. The Morgan fingerprint density at radius 2 is 2.04 bits per heavy atom. The van der Waals surface area contributed by atoms with Crippen LogP contribution in [0.2, 0.25) is 0 Å². The molecule has 0 bridgehead atoms. The van der Waals surface area contributed by atoms with Crippen LogP contribution in [0.5, 0.6) is 0 Å². The van der Waals surface area contributed by atoms with Crippen molar-refractivity contribution < 1.29 is 9.50 Å². The molecule has 0 saturated carbocycles. The summed E-state index contributed by atoms with van der Waals surface area (Å²) >= 11 is 0. The summed E-state index contributed by atoms with van der Waals surface area (Å²) in [6.45, 7) is 5.58. The second kappa shape index (κ2) is 13.4. The zero-order valence-corrected chi connectivity index (χ0v) is 17.3. The first-order valence-corrected chi connectivity index (χ1v) is 8.47. The molecule has 0 amide bonds. The van der Waals surface area contributed by atoms with Crippen LogP contribution in [0.15, 0.2) is 23.2 Å². The summed E-state index contributed by atoms with van der Waals surface area (Å²) in [4.78, 5) is 4.22. The third kappa shape index (κ3) is 8.28. The van der Waals surface area contributed by atoms with Gasteiger partial charge in [-0.25, -0.2) is 4.39 Å². The fourth-order valence-corrected chi connectivity index (χ4v) is 2.45. The van der Waals surface area contributed by atoms with Gasteiger partial charge < -0.3 is 15.7 Å². The lowest BCUT2D eigenvalue weighted by atomic mass is 9.99. The number of nitrogens with one attached hydrogen (secondary N) is 2. The molecule has 0 heterocycles. The Bertz CT molecular complexity index is 497. The third-order valence-electron chi connectivity index (χ3n) is 4.07. The highest BCUT2D eigenvalue weighted by molar-refractivity contribution is 14.0. The van der Waals surface area contributed by atoms with Crippen LogP contribution in [0.1, 0.15) is 50.7 Å². The second-order valence-electron chi connectivity index (χ2n) is 5.81. The molecule has 0 radical (unpaired) electrons. The second-order valence-corrected chi connectivity index (χ2v) is 5.81. The number of unbranched alkanes of at least 4 members (excludes halogenated alkanes) is 1. The van der Waals surface area contributed by atoms with Crippen LogP contribution in [0.25, 0.3) is 0 Å². The van der Waals surface area contributed by atoms with Crippen molar-refractivity contribution in [2.75, 3.05) is 13.6 Å². The minimum absolute atomic E-state index is 0. The standard InChI is InChI=1S/C18H30FN3O.HI/c1-4-6-7-14(5-2)11-21-18(20-3)22-12-15-8-9-17(19)16(10-15)13-23;/h8-10,14,23H,4-7,11-13H2,1-3H3,(H2,20,21,22);1H. The molecule has 4 nitrogen and oxygen atoms in total. The number of aliphatic hydroxyl groups is 1. The van der Waals surface area contributed by atoms with Gasteiger partial charge in [0.05, 0.1) is 6.61 Å². The molecule has 1 atom stereocenters. The van der Waals surface area contributed by atoms with Crippen LogP contribution in [-0.4, -0.2) is 24.7 Å². The van der Waals surface area contributed by atoms with Gasteiger partial charge in [0.15, 0.2) is 5.96 Å². The molecule has 1 aromatic carbocycles. The number of aliphatic hydroxyl groups excluding tert-OH is 1. The van der Waals surface area contributed by atoms with Crippen LogP contribution >= 0.6 is 24.0 Å². The molecule has 0 aliphatic rings. The maximum atomic E-state index is 13.4. The van der Waals surface area contributed by atoms with E-state index in [9.17, 15) is 4.39 Å². The minimum atomic E-state index is -0.375. The summed E-state index contributed by atoms with van der Waals surface area (Å²) in [5.41, 5.74) is 1.23. The monoisotopic (exact) mass is 451 g/mol. The van der Waals surface area contributed by atoms with Gasteiger partial charge in [-0.05, 0) is 30.0 Å². The zero-order chi connectivity index (χ0) is 17.1. The molecule has 0 fully saturated rings. The largest absolute Gasteiger partial charge is 0.392 e. The molecule has 24 heavy (non-hydrogen) atoms. The molecule has 0 aliphatic heterocycles. The van der Waals surface area contributed by atoms with Crippen LogP contribution < -0.4 is 10.6 Å². The first-order chi connectivity index (χ1) is 11.1. The van der Waals surface area contributed by atoms with Crippen molar-refractivity contribution in [3.05, 3.63) is 35.1 Å². The Balaban J connectivity index is 0.00000529. The molecule has 138 valence electrons. The summed E-state index contributed by atoms with van der Waals surface area (Å²) in [6.07, 6.45) is 4.86. The van der Waals surface area contributed by atoms with E-state index in [1.165, 1.54) is 25.3 Å². The van der Waals surface area contributed by atoms with Gasteiger partial charge in [0.1, 0.15) is 5.82 Å². The van der Waals surface area contributed by atoms with E-state index in [-0.39, 0.29) is 36.4 Å². The molecule has 3 N–H and O–H groups in total. The van der Waals surface area contributed by atoms with E-state index >= 15 is 0 Å². The van der Waals surface area contributed by atoms with Crippen LogP contribution in [0.3, 0.4) is 0 Å². The van der Waals surface area contributed by atoms with E-state index < -0.39 is 0 Å². The highest BCUT2D eigenvalue weighted by Gasteiger charge is 2.07. The molecule has 0 aromatic heterocycles. The first kappa shape index (κ1) is 23.1. The van der Waals surface area contributed by atoms with Gasteiger partial charge in [-0.15, -0.1) is 24.0 Å². The Morgan fingerprint density at radius 1 is 1.29 bits per heavy atom. The van der Waals surface area contributed by atoms with Gasteiger partial charge in [0.2, 0.25) is 0 Å². The van der Waals surface area contributed by atoms with Crippen molar-refractivity contribution in [3.8, 4) is 0 Å². The average Bonchev–Trinajstić information content (AvgIpc) is 2.58. The highest BCUT2D eigenvalue weighted by atomic mass is 127. The Morgan fingerprint density at radius 3 is 2.62 bits per heavy atom. The van der Waals surface area contributed by atoms with Gasteiger partial charge in [0.25, 0.3) is 0 Å². The SMILES string of the molecule is CCCCC(CC)CNC(=NC)NCc1ccc(F)c(CO)c1.I. The maximum Gasteiger partial charge on any atom is 0.191 e. The van der Waals surface area contributed by atoms with Gasteiger partial charge in [-0.1, -0.05) is 39.2 Å². The summed E-state index contributed by atoms with van der Waals surface area (Å²) < 4.78 is 13.4. The van der Waals surface area contributed by atoms with Gasteiger partial charge in [-0.2, -0.15) is 0 Å². The van der Waals surface area contributed by atoms with Crippen molar-refractivity contribution >= 4 is 29.9 Å². The summed E-state index contributed by atoms with van der Waals surface area (Å²) in [5, 5.41) is 15.7. The van der Waals surface area contributed by atoms with E-state index in [2.05, 4.69) is 29.5 Å². The van der Waals surface area contributed by atoms with E-state index in [1.807, 2.05) is 0 Å². The molecular formula is C18H31FIN3O. The van der Waals surface area contributed by atoms with E-state index in [4.69, 9.17) is 5.11 Å². The molecular weight excluding hydrogens is 420 g/mol. The van der Waals surface area contributed by atoms with Crippen LogP contribution in [-0.2, 0) is 13.2 Å². The Hall–Kier alpha value is -0.890. The number of halogens is 2. The van der Waals surface area contributed by atoms with Crippen LogP contribution in [0.4, 0.5) is 4.39 Å². The fraction of sp³-hybridized carbons (Fsp3) is 0.611. The van der Waals surface area contributed by atoms with Crippen molar-refractivity contribution in [2.45, 2.75) is 52.7 Å². The van der Waals surface area contributed by atoms with E-state index in [1.54, 1.807) is 19.2 Å². The maximum absolute atomic E-state index is 13.4. The molecule has 0 aliphatic carbocycles. The lowest BCUT2D eigenvalue weighted by Gasteiger charge is -2.18. The van der Waals surface area contributed by atoms with Crippen molar-refractivity contribution in [2.24, 2.45) is 10.9 Å². The molecule has 0 spiro atoms. The predicted molar refractivity (Wildman–Crippen MR) is 109 cm³/mol. The topological polar surface area (TPSA) is 56.7 Å². The van der Waals surface area contributed by atoms with Crippen molar-refractivity contribution in [1.29, 1.82) is 0 Å². The fourth-order valence-electron chi connectivity index (χ4n) is 2.45. The van der Waals surface area contributed by atoms with Gasteiger partial charge in [-0.3, -0.25) is 4.99 Å². The summed E-state index contributed by atoms with van der Waals surface area (Å²) in [5.74, 6) is 1.02. The molecule has 6 heteroatoms. The minimum Gasteiger partial charge on any atom is -0.392 e. The Kier molecular flexibility index (Phi) is 12.9. The summed E-state index contributed by atoms with van der Waals surface area (Å²) in [7, 11) is 1.74. The Labute approximate surface area is 162 Å². The highest BCUT2D eigenvalue weighted by Crippen LogP contribution is 2.12. The molecule has 1 aromatic rings. The summed E-state index contributed by atoms with van der Waals surface area (Å²) in [6, 6.07) is 4.77. The van der Waals surface area contributed by atoms with Crippen molar-refractivity contribution in [3.63, 3.8) is 0 Å². The smallest absolute Gasteiger partial charge is 0.191 e. The number of nitrogens with zero attached hydrogens (tertiary/aromatic N) is 1. The molecule has 1 unspecified atom stereocenters. The lowest BCUT2D eigenvalue weighted by Crippen LogP contribution is -2.39. The zero-order valence-electron chi connectivity index (χ0n) is 14.9.